The minimum atomic E-state index is 0.0283. The second kappa shape index (κ2) is 6.38. The summed E-state index contributed by atoms with van der Waals surface area (Å²) in [5.41, 5.74) is 6.83. The summed E-state index contributed by atoms with van der Waals surface area (Å²) in [6.07, 6.45) is 0. The van der Waals surface area contributed by atoms with Gasteiger partial charge in [-0.25, -0.2) is 0 Å². The van der Waals surface area contributed by atoms with E-state index in [4.69, 9.17) is 22.1 Å². The van der Waals surface area contributed by atoms with Crippen LogP contribution in [0.5, 0.6) is 0 Å². The first-order chi connectivity index (χ1) is 7.15. The number of benzene rings is 1. The Morgan fingerprint density at radius 3 is 2.80 bits per heavy atom. The third-order valence-electron chi connectivity index (χ3n) is 2.03. The third kappa shape index (κ3) is 4.03. The fourth-order valence-electron chi connectivity index (χ4n) is 1.15. The Morgan fingerprint density at radius 1 is 1.53 bits per heavy atom. The molecule has 0 aromatic heterocycles. The zero-order valence-electron chi connectivity index (χ0n) is 9.00. The Balaban J connectivity index is 2.66. The van der Waals surface area contributed by atoms with E-state index in [-0.39, 0.29) is 6.04 Å². The van der Waals surface area contributed by atoms with Gasteiger partial charge in [0.15, 0.2) is 0 Å². The second-order valence-electron chi connectivity index (χ2n) is 3.32. The lowest BCUT2D eigenvalue weighted by molar-refractivity contribution is 0.218. The molecule has 0 saturated carbocycles. The highest BCUT2D eigenvalue weighted by Gasteiger charge is 2.05. The van der Waals surface area contributed by atoms with Crippen molar-refractivity contribution >= 4 is 23.4 Å². The highest BCUT2D eigenvalue weighted by atomic mass is 35.5. The van der Waals surface area contributed by atoms with Gasteiger partial charge in [-0.3, -0.25) is 0 Å². The maximum absolute atomic E-state index is 6.14. The minimum Gasteiger partial charge on any atom is -0.384 e. The fourth-order valence-corrected chi connectivity index (χ4v) is 2.34. The van der Waals surface area contributed by atoms with E-state index >= 15 is 0 Å². The van der Waals surface area contributed by atoms with Crippen LogP contribution in [0.2, 0.25) is 5.02 Å². The summed E-state index contributed by atoms with van der Waals surface area (Å²) < 4.78 is 4.98. The molecular weight excluding hydrogens is 230 g/mol. The van der Waals surface area contributed by atoms with Gasteiger partial charge in [-0.1, -0.05) is 17.7 Å². The van der Waals surface area contributed by atoms with Crippen molar-refractivity contribution in [3.8, 4) is 0 Å². The minimum absolute atomic E-state index is 0.0283. The molecule has 0 radical (unpaired) electrons. The lowest BCUT2D eigenvalue weighted by atomic mass is 10.1. The van der Waals surface area contributed by atoms with Crippen molar-refractivity contribution in [1.29, 1.82) is 0 Å². The Kier molecular flexibility index (Phi) is 5.47. The van der Waals surface area contributed by atoms with Gasteiger partial charge in [0.05, 0.1) is 11.6 Å². The summed E-state index contributed by atoms with van der Waals surface area (Å²) in [4.78, 5) is 1.08. The number of hydrogen-bond donors (Lipinski definition) is 1. The molecule has 0 amide bonds. The quantitative estimate of drug-likeness (QED) is 0.640. The zero-order chi connectivity index (χ0) is 11.3. The van der Waals surface area contributed by atoms with Gasteiger partial charge in [-0.2, -0.15) is 0 Å². The number of nitrogens with two attached hydrogens (primary N) is 1. The summed E-state index contributed by atoms with van der Waals surface area (Å²) in [5, 5.41) is 0.769. The van der Waals surface area contributed by atoms with E-state index in [9.17, 15) is 0 Å². The molecule has 0 aliphatic heterocycles. The van der Waals surface area contributed by atoms with Gasteiger partial charge in [0.1, 0.15) is 0 Å². The predicted octanol–water partition coefficient (Wildman–Crippen LogP) is 3.10. The molecule has 2 nitrogen and oxygen atoms in total. The van der Waals surface area contributed by atoms with Crippen LogP contribution in [-0.4, -0.2) is 19.5 Å². The molecule has 0 fully saturated rings. The highest BCUT2D eigenvalue weighted by molar-refractivity contribution is 7.99. The summed E-state index contributed by atoms with van der Waals surface area (Å²) in [7, 11) is 1.70. The first-order valence-corrected chi connectivity index (χ1v) is 6.18. The van der Waals surface area contributed by atoms with Crippen molar-refractivity contribution in [3.05, 3.63) is 28.8 Å². The molecule has 1 unspecified atom stereocenters. The zero-order valence-corrected chi connectivity index (χ0v) is 10.6. The molecule has 2 N–H and O–H groups in total. The van der Waals surface area contributed by atoms with Gasteiger partial charge >= 0.3 is 0 Å². The molecule has 1 rings (SSSR count). The van der Waals surface area contributed by atoms with Crippen molar-refractivity contribution in [2.24, 2.45) is 5.73 Å². The van der Waals surface area contributed by atoms with E-state index < -0.39 is 0 Å². The molecule has 4 heteroatoms. The third-order valence-corrected chi connectivity index (χ3v) is 3.49. The molecule has 1 aromatic carbocycles. The molecular formula is C11H16ClNOS. The van der Waals surface area contributed by atoms with Crippen LogP contribution < -0.4 is 5.73 Å². The first kappa shape index (κ1) is 12.8. The molecule has 84 valence electrons. The molecule has 0 aliphatic carbocycles. The molecule has 0 spiro atoms. The average molecular weight is 246 g/mol. The van der Waals surface area contributed by atoms with Crippen LogP contribution in [0.15, 0.2) is 23.1 Å². The first-order valence-electron chi connectivity index (χ1n) is 4.82. The lowest BCUT2D eigenvalue weighted by Gasteiger charge is -2.09. The van der Waals surface area contributed by atoms with E-state index in [0.29, 0.717) is 0 Å². The standard InChI is InChI=1S/C11H16ClNOS/c1-8(13)9-3-4-11(10(12)7-9)15-6-5-14-2/h3-4,7-8H,5-6,13H2,1-2H3. The molecule has 0 saturated heterocycles. The van der Waals surface area contributed by atoms with Crippen LogP contribution in [0.3, 0.4) is 0 Å². The molecule has 1 atom stereocenters. The van der Waals surface area contributed by atoms with Crippen molar-refractivity contribution in [3.63, 3.8) is 0 Å². The number of thioether (sulfide) groups is 1. The molecule has 0 heterocycles. The normalized spacial score (nSPS) is 12.8. The number of methoxy groups -OCH3 is 1. The molecule has 0 bridgehead atoms. The van der Waals surface area contributed by atoms with Crippen molar-refractivity contribution in [1.82, 2.24) is 0 Å². The maximum Gasteiger partial charge on any atom is 0.0556 e. The van der Waals surface area contributed by atoms with E-state index in [2.05, 4.69) is 0 Å². The smallest absolute Gasteiger partial charge is 0.0556 e. The molecule has 15 heavy (non-hydrogen) atoms. The van der Waals surface area contributed by atoms with Gasteiger partial charge in [0.25, 0.3) is 0 Å². The lowest BCUT2D eigenvalue weighted by Crippen LogP contribution is -2.04. The Bertz CT molecular complexity index is 317. The van der Waals surface area contributed by atoms with Gasteiger partial charge in [0.2, 0.25) is 0 Å². The van der Waals surface area contributed by atoms with Gasteiger partial charge in [-0.15, -0.1) is 11.8 Å². The maximum atomic E-state index is 6.14. The van der Waals surface area contributed by atoms with Crippen LogP contribution in [0.25, 0.3) is 0 Å². The summed E-state index contributed by atoms with van der Waals surface area (Å²) in [6, 6.07) is 5.99. The van der Waals surface area contributed by atoms with Crippen LogP contribution in [0, 0.1) is 0 Å². The SMILES string of the molecule is COCCSc1ccc(C(C)N)cc1Cl. The van der Waals surface area contributed by atoms with Crippen molar-refractivity contribution in [2.45, 2.75) is 17.9 Å². The van der Waals surface area contributed by atoms with Crippen molar-refractivity contribution in [2.75, 3.05) is 19.5 Å². The Morgan fingerprint density at radius 2 is 2.27 bits per heavy atom. The number of halogens is 1. The monoisotopic (exact) mass is 245 g/mol. The van der Waals surface area contributed by atoms with Crippen molar-refractivity contribution < 1.29 is 4.74 Å². The van der Waals surface area contributed by atoms with E-state index in [0.717, 1.165) is 27.8 Å². The Labute approximate surface area is 100 Å². The highest BCUT2D eigenvalue weighted by Crippen LogP contribution is 2.29. The van der Waals surface area contributed by atoms with Gasteiger partial charge < -0.3 is 10.5 Å². The fraction of sp³-hybridized carbons (Fsp3) is 0.455. The molecule has 1 aromatic rings. The number of hydrogen-bond acceptors (Lipinski definition) is 3. The largest absolute Gasteiger partial charge is 0.384 e. The Hall–Kier alpha value is -0.220. The average Bonchev–Trinajstić information content (AvgIpc) is 2.20. The number of ether oxygens (including phenoxy) is 1. The van der Waals surface area contributed by atoms with Gasteiger partial charge in [0, 0.05) is 23.8 Å². The second-order valence-corrected chi connectivity index (χ2v) is 4.86. The van der Waals surface area contributed by atoms with Gasteiger partial charge in [-0.05, 0) is 24.6 Å². The van der Waals surface area contributed by atoms with Crippen LogP contribution >= 0.6 is 23.4 Å². The van der Waals surface area contributed by atoms with E-state index in [1.54, 1.807) is 18.9 Å². The summed E-state index contributed by atoms with van der Waals surface area (Å²) in [5.74, 6) is 0.910. The number of rotatable bonds is 5. The summed E-state index contributed by atoms with van der Waals surface area (Å²) >= 11 is 7.83. The molecule has 0 aliphatic rings. The predicted molar refractivity (Wildman–Crippen MR) is 66.7 cm³/mol. The topological polar surface area (TPSA) is 35.2 Å². The van der Waals surface area contributed by atoms with Crippen LogP contribution in [-0.2, 0) is 4.74 Å². The summed E-state index contributed by atoms with van der Waals surface area (Å²) in [6.45, 7) is 2.68. The van der Waals surface area contributed by atoms with E-state index in [1.807, 2.05) is 25.1 Å². The van der Waals surface area contributed by atoms with Crippen LogP contribution in [0.1, 0.15) is 18.5 Å². The van der Waals surface area contributed by atoms with E-state index in [1.165, 1.54) is 0 Å². The van der Waals surface area contributed by atoms with Crippen LogP contribution in [0.4, 0.5) is 0 Å².